The largest absolute Gasteiger partial charge is 0.461 e. The molecule has 1 aromatic carbocycles. The third-order valence-corrected chi connectivity index (χ3v) is 4.37. The molecule has 0 fully saturated rings. The lowest BCUT2D eigenvalue weighted by Crippen LogP contribution is -2.25. The minimum atomic E-state index is -0.513. The van der Waals surface area contributed by atoms with Gasteiger partial charge in [-0.2, -0.15) is 0 Å². The number of aromatic nitrogens is 3. The van der Waals surface area contributed by atoms with E-state index in [1.54, 1.807) is 12.3 Å². The van der Waals surface area contributed by atoms with Crippen molar-refractivity contribution in [1.82, 2.24) is 14.8 Å². The second-order valence-electron chi connectivity index (χ2n) is 6.78. The molecule has 6 nitrogen and oxygen atoms in total. The van der Waals surface area contributed by atoms with Crippen molar-refractivity contribution >= 4 is 17.7 Å². The Labute approximate surface area is 156 Å². The van der Waals surface area contributed by atoms with E-state index >= 15 is 0 Å². The van der Waals surface area contributed by atoms with Crippen LogP contribution in [0.4, 0.5) is 0 Å². The van der Waals surface area contributed by atoms with Crippen LogP contribution in [-0.4, -0.2) is 32.1 Å². The minimum absolute atomic E-state index is 0.152. The lowest BCUT2D eigenvalue weighted by Gasteiger charge is -2.19. The van der Waals surface area contributed by atoms with E-state index in [1.165, 1.54) is 11.8 Å². The van der Waals surface area contributed by atoms with Crippen LogP contribution < -0.4 is 0 Å². The van der Waals surface area contributed by atoms with Crippen LogP contribution in [0.1, 0.15) is 26.3 Å². The van der Waals surface area contributed by atoms with Crippen LogP contribution in [-0.2, 0) is 9.53 Å². The molecule has 0 N–H and O–H groups in total. The van der Waals surface area contributed by atoms with Gasteiger partial charge in [0.2, 0.25) is 5.82 Å². The number of ether oxygens (including phenoxy) is 1. The van der Waals surface area contributed by atoms with Crippen LogP contribution in [0.2, 0.25) is 0 Å². The van der Waals surface area contributed by atoms with Gasteiger partial charge in [0.15, 0.2) is 10.9 Å². The first-order valence-electron chi connectivity index (χ1n) is 8.25. The topological polar surface area (TPSA) is 70.2 Å². The molecule has 0 amide bonds. The summed E-state index contributed by atoms with van der Waals surface area (Å²) in [6.45, 7) is 7.56. The van der Waals surface area contributed by atoms with Gasteiger partial charge in [0.05, 0.1) is 17.7 Å². The fourth-order valence-electron chi connectivity index (χ4n) is 2.45. The number of hydrogen-bond donors (Lipinski definition) is 0. The van der Waals surface area contributed by atoms with Crippen LogP contribution in [0.15, 0.2) is 52.2 Å². The number of benzene rings is 1. The highest BCUT2D eigenvalue weighted by Crippen LogP contribution is 2.29. The summed E-state index contributed by atoms with van der Waals surface area (Å²) < 4.78 is 12.8. The molecular formula is C19H21N3O3S. The molecule has 26 heavy (non-hydrogen) atoms. The number of hydrogen-bond acceptors (Lipinski definition) is 6. The smallest absolute Gasteiger partial charge is 0.316 e. The Bertz CT molecular complexity index is 895. The zero-order valence-electron chi connectivity index (χ0n) is 15.2. The summed E-state index contributed by atoms with van der Waals surface area (Å²) in [6.07, 6.45) is 1.60. The first-order chi connectivity index (χ1) is 12.3. The summed E-state index contributed by atoms with van der Waals surface area (Å²) in [7, 11) is 0. The third kappa shape index (κ3) is 4.16. The fraction of sp³-hybridized carbons (Fsp3) is 0.316. The standard InChI is InChI=1S/C19H21N3O3S/c1-13-8-5-6-9-14(13)22-17(15-10-7-11-24-15)20-21-18(22)26-12-16(23)25-19(2,3)4/h5-11H,12H2,1-4H3. The number of para-hydroxylation sites is 1. The Hall–Kier alpha value is -2.54. The quantitative estimate of drug-likeness (QED) is 0.493. The van der Waals surface area contributed by atoms with E-state index in [0.717, 1.165) is 11.3 Å². The molecule has 136 valence electrons. The molecule has 3 aromatic rings. The highest BCUT2D eigenvalue weighted by molar-refractivity contribution is 7.99. The van der Waals surface area contributed by atoms with Gasteiger partial charge in [0.1, 0.15) is 5.60 Å². The summed E-state index contributed by atoms with van der Waals surface area (Å²) in [5.74, 6) is 1.07. The SMILES string of the molecule is Cc1ccccc1-n1c(SCC(=O)OC(C)(C)C)nnc1-c1ccco1. The molecule has 7 heteroatoms. The maximum atomic E-state index is 12.1. The summed E-state index contributed by atoms with van der Waals surface area (Å²) >= 11 is 1.29. The Morgan fingerprint density at radius 1 is 1.19 bits per heavy atom. The molecule has 0 aliphatic carbocycles. The first kappa shape index (κ1) is 18.3. The van der Waals surface area contributed by atoms with Crippen LogP contribution in [0.5, 0.6) is 0 Å². The number of carbonyl (C=O) groups excluding carboxylic acids is 1. The molecule has 3 rings (SSSR count). The van der Waals surface area contributed by atoms with Crippen molar-refractivity contribution < 1.29 is 13.9 Å². The molecule has 2 heterocycles. The molecule has 0 bridgehead atoms. The normalized spacial score (nSPS) is 11.5. The van der Waals surface area contributed by atoms with Gasteiger partial charge in [-0.15, -0.1) is 10.2 Å². The van der Waals surface area contributed by atoms with Gasteiger partial charge in [-0.3, -0.25) is 9.36 Å². The van der Waals surface area contributed by atoms with Crippen LogP contribution in [0.25, 0.3) is 17.3 Å². The number of aryl methyl sites for hydroxylation is 1. The molecular weight excluding hydrogens is 350 g/mol. The van der Waals surface area contributed by atoms with Crippen molar-refractivity contribution in [1.29, 1.82) is 0 Å². The van der Waals surface area contributed by atoms with E-state index in [-0.39, 0.29) is 11.7 Å². The highest BCUT2D eigenvalue weighted by atomic mass is 32.2. The van der Waals surface area contributed by atoms with Gasteiger partial charge >= 0.3 is 5.97 Å². The molecule has 0 radical (unpaired) electrons. The van der Waals surface area contributed by atoms with E-state index in [4.69, 9.17) is 9.15 Å². The van der Waals surface area contributed by atoms with Crippen LogP contribution in [0.3, 0.4) is 0 Å². The summed E-state index contributed by atoms with van der Waals surface area (Å²) in [5.41, 5.74) is 1.50. The first-order valence-corrected chi connectivity index (χ1v) is 9.23. The molecule has 0 saturated heterocycles. The number of carbonyl (C=O) groups is 1. The van der Waals surface area contributed by atoms with Crippen LogP contribution in [0, 0.1) is 6.92 Å². The zero-order chi connectivity index (χ0) is 18.7. The van der Waals surface area contributed by atoms with E-state index in [9.17, 15) is 4.79 Å². The Kier molecular flexibility index (Phi) is 5.18. The van der Waals surface area contributed by atoms with E-state index in [2.05, 4.69) is 10.2 Å². The molecule has 0 spiro atoms. The second kappa shape index (κ2) is 7.37. The number of furan rings is 1. The number of rotatable bonds is 5. The van der Waals surface area contributed by atoms with Crippen molar-refractivity contribution in [2.45, 2.75) is 38.5 Å². The monoisotopic (exact) mass is 371 g/mol. The van der Waals surface area contributed by atoms with Crippen molar-refractivity contribution in [3.63, 3.8) is 0 Å². The lowest BCUT2D eigenvalue weighted by molar-refractivity contribution is -0.151. The number of thioether (sulfide) groups is 1. The summed E-state index contributed by atoms with van der Waals surface area (Å²) in [4.78, 5) is 12.1. The predicted octanol–water partition coefficient (Wildman–Crippen LogP) is 4.27. The molecule has 2 aromatic heterocycles. The van der Waals surface area contributed by atoms with E-state index < -0.39 is 5.60 Å². The average molecular weight is 371 g/mol. The van der Waals surface area contributed by atoms with Gasteiger partial charge in [0.25, 0.3) is 0 Å². The summed E-state index contributed by atoms with van der Waals surface area (Å²) in [5, 5.41) is 9.15. The third-order valence-electron chi connectivity index (χ3n) is 3.47. The van der Waals surface area contributed by atoms with E-state index in [0.29, 0.717) is 16.7 Å². The lowest BCUT2D eigenvalue weighted by atomic mass is 10.2. The van der Waals surface area contributed by atoms with Crippen molar-refractivity contribution in [2.75, 3.05) is 5.75 Å². The minimum Gasteiger partial charge on any atom is -0.461 e. The van der Waals surface area contributed by atoms with Gasteiger partial charge in [-0.05, 0) is 51.5 Å². The van der Waals surface area contributed by atoms with Crippen LogP contribution >= 0.6 is 11.8 Å². The predicted molar refractivity (Wildman–Crippen MR) is 100 cm³/mol. The van der Waals surface area contributed by atoms with Gasteiger partial charge in [0, 0.05) is 0 Å². The second-order valence-corrected chi connectivity index (χ2v) is 7.72. The Morgan fingerprint density at radius 2 is 1.96 bits per heavy atom. The molecule has 0 aliphatic heterocycles. The number of esters is 1. The van der Waals surface area contributed by atoms with E-state index in [1.807, 2.05) is 62.6 Å². The maximum absolute atomic E-state index is 12.1. The van der Waals surface area contributed by atoms with Gasteiger partial charge in [-0.25, -0.2) is 0 Å². The van der Waals surface area contributed by atoms with Crippen molar-refractivity contribution in [3.8, 4) is 17.3 Å². The van der Waals surface area contributed by atoms with Crippen molar-refractivity contribution in [3.05, 3.63) is 48.2 Å². The highest BCUT2D eigenvalue weighted by Gasteiger charge is 2.21. The average Bonchev–Trinajstić information content (AvgIpc) is 3.21. The number of nitrogens with zero attached hydrogens (tertiary/aromatic N) is 3. The van der Waals surface area contributed by atoms with Gasteiger partial charge < -0.3 is 9.15 Å². The molecule has 0 atom stereocenters. The molecule has 0 aliphatic rings. The van der Waals surface area contributed by atoms with Crippen molar-refractivity contribution in [2.24, 2.45) is 0 Å². The summed E-state index contributed by atoms with van der Waals surface area (Å²) in [6, 6.07) is 11.6. The molecule has 0 unspecified atom stereocenters. The van der Waals surface area contributed by atoms with Gasteiger partial charge in [-0.1, -0.05) is 30.0 Å². The Morgan fingerprint density at radius 3 is 2.62 bits per heavy atom. The zero-order valence-corrected chi connectivity index (χ0v) is 16.0. The Balaban J connectivity index is 1.94. The maximum Gasteiger partial charge on any atom is 0.316 e. The fourth-order valence-corrected chi connectivity index (χ4v) is 3.17. The molecule has 0 saturated carbocycles.